The second-order valence-electron chi connectivity index (χ2n) is 4.97. The van der Waals surface area contributed by atoms with Crippen LogP contribution < -0.4 is 11.1 Å². The van der Waals surface area contributed by atoms with Crippen LogP contribution in [0.2, 0.25) is 0 Å². The molecule has 4 unspecified atom stereocenters. The Bertz CT molecular complexity index is 290. The largest absolute Gasteiger partial charge is 0.361 e. The van der Waals surface area contributed by atoms with Gasteiger partial charge in [0.1, 0.15) is 0 Å². The van der Waals surface area contributed by atoms with Crippen LogP contribution in [0, 0.1) is 17.8 Å². The van der Waals surface area contributed by atoms with E-state index >= 15 is 0 Å². The Balaban J connectivity index is 1.89. The molecule has 2 saturated carbocycles. The molecular formula is C11H18N2O2. The van der Waals surface area contributed by atoms with Crippen LogP contribution in [0.4, 0.5) is 0 Å². The molecule has 0 aromatic rings. The third-order valence-electron chi connectivity index (χ3n) is 4.02. The number of rotatable bonds is 2. The maximum absolute atomic E-state index is 11.1. The normalized spacial score (nSPS) is 35.1. The third-order valence-corrected chi connectivity index (χ3v) is 4.02. The molecule has 0 radical (unpaired) electrons. The van der Waals surface area contributed by atoms with Crippen LogP contribution in [-0.2, 0) is 9.59 Å². The van der Waals surface area contributed by atoms with E-state index in [4.69, 9.17) is 5.73 Å². The molecular weight excluding hydrogens is 192 g/mol. The maximum atomic E-state index is 11.1. The van der Waals surface area contributed by atoms with E-state index < -0.39 is 11.8 Å². The molecule has 2 fully saturated rings. The number of fused-ring (bicyclic) bond motifs is 2. The van der Waals surface area contributed by atoms with E-state index in [1.807, 2.05) is 6.92 Å². The highest BCUT2D eigenvalue weighted by atomic mass is 16.2. The van der Waals surface area contributed by atoms with Crippen LogP contribution in [0.25, 0.3) is 0 Å². The van der Waals surface area contributed by atoms with Crippen molar-refractivity contribution in [2.24, 2.45) is 23.5 Å². The first kappa shape index (κ1) is 10.5. The summed E-state index contributed by atoms with van der Waals surface area (Å²) in [6.07, 6.45) is 5.14. The van der Waals surface area contributed by atoms with Crippen LogP contribution in [-0.4, -0.2) is 17.9 Å². The van der Waals surface area contributed by atoms with Gasteiger partial charge in [0.25, 0.3) is 0 Å². The SMILES string of the molecule is CC(NC(=O)C(N)=O)C1CC2CCC1C2. The quantitative estimate of drug-likeness (QED) is 0.648. The van der Waals surface area contributed by atoms with Crippen LogP contribution in [0.15, 0.2) is 0 Å². The van der Waals surface area contributed by atoms with Gasteiger partial charge in [-0.05, 0) is 43.9 Å². The van der Waals surface area contributed by atoms with Gasteiger partial charge < -0.3 is 11.1 Å². The first-order chi connectivity index (χ1) is 7.08. The van der Waals surface area contributed by atoms with Crippen LogP contribution >= 0.6 is 0 Å². The van der Waals surface area contributed by atoms with E-state index in [0.29, 0.717) is 5.92 Å². The number of hydrogen-bond acceptors (Lipinski definition) is 2. The van der Waals surface area contributed by atoms with E-state index in [1.165, 1.54) is 25.7 Å². The molecule has 15 heavy (non-hydrogen) atoms. The smallest absolute Gasteiger partial charge is 0.309 e. The minimum atomic E-state index is -0.884. The molecule has 3 N–H and O–H groups in total. The summed E-state index contributed by atoms with van der Waals surface area (Å²) in [7, 11) is 0. The molecule has 0 aliphatic heterocycles. The Morgan fingerprint density at radius 3 is 2.53 bits per heavy atom. The van der Waals surface area contributed by atoms with Crippen LogP contribution in [0.3, 0.4) is 0 Å². The van der Waals surface area contributed by atoms with Gasteiger partial charge in [-0.3, -0.25) is 9.59 Å². The highest BCUT2D eigenvalue weighted by Crippen LogP contribution is 2.49. The molecule has 2 bridgehead atoms. The fraction of sp³-hybridized carbons (Fsp3) is 0.818. The highest BCUT2D eigenvalue weighted by Gasteiger charge is 2.42. The van der Waals surface area contributed by atoms with Gasteiger partial charge in [0.15, 0.2) is 0 Å². The third kappa shape index (κ3) is 1.98. The minimum Gasteiger partial charge on any atom is -0.361 e. The van der Waals surface area contributed by atoms with Crippen molar-refractivity contribution in [1.82, 2.24) is 5.32 Å². The average molecular weight is 210 g/mol. The molecule has 2 aliphatic carbocycles. The first-order valence-electron chi connectivity index (χ1n) is 5.68. The zero-order valence-electron chi connectivity index (χ0n) is 9.03. The number of amides is 2. The molecule has 0 heterocycles. The van der Waals surface area contributed by atoms with Crippen molar-refractivity contribution in [3.8, 4) is 0 Å². The van der Waals surface area contributed by atoms with Gasteiger partial charge in [-0.2, -0.15) is 0 Å². The number of primary amides is 1. The Kier molecular flexibility index (Phi) is 2.67. The fourth-order valence-corrected chi connectivity index (χ4v) is 3.29. The monoisotopic (exact) mass is 210 g/mol. The van der Waals surface area contributed by atoms with Gasteiger partial charge in [-0.1, -0.05) is 6.42 Å². The molecule has 2 aliphatic rings. The van der Waals surface area contributed by atoms with Crippen molar-refractivity contribution in [2.75, 3.05) is 0 Å². The van der Waals surface area contributed by atoms with E-state index in [0.717, 1.165) is 11.8 Å². The fourth-order valence-electron chi connectivity index (χ4n) is 3.29. The van der Waals surface area contributed by atoms with Crippen molar-refractivity contribution < 1.29 is 9.59 Å². The lowest BCUT2D eigenvalue weighted by Crippen LogP contribution is -2.45. The molecule has 4 heteroatoms. The molecule has 2 rings (SSSR count). The molecule has 0 aromatic carbocycles. The zero-order chi connectivity index (χ0) is 11.0. The summed E-state index contributed by atoms with van der Waals surface area (Å²) in [6.45, 7) is 1.98. The summed E-state index contributed by atoms with van der Waals surface area (Å²) in [5.41, 5.74) is 4.91. The molecule has 0 aromatic heterocycles. The van der Waals surface area contributed by atoms with Crippen molar-refractivity contribution in [3.63, 3.8) is 0 Å². The van der Waals surface area contributed by atoms with Gasteiger partial charge in [-0.15, -0.1) is 0 Å². The van der Waals surface area contributed by atoms with E-state index in [9.17, 15) is 9.59 Å². The highest BCUT2D eigenvalue weighted by molar-refractivity contribution is 6.34. The van der Waals surface area contributed by atoms with Crippen molar-refractivity contribution in [1.29, 1.82) is 0 Å². The molecule has 0 spiro atoms. The first-order valence-corrected chi connectivity index (χ1v) is 5.68. The lowest BCUT2D eigenvalue weighted by molar-refractivity contribution is -0.138. The van der Waals surface area contributed by atoms with E-state index in [2.05, 4.69) is 5.32 Å². The lowest BCUT2D eigenvalue weighted by atomic mass is 9.84. The number of carbonyl (C=O) groups excluding carboxylic acids is 2. The maximum Gasteiger partial charge on any atom is 0.309 e. The van der Waals surface area contributed by atoms with Crippen molar-refractivity contribution in [3.05, 3.63) is 0 Å². The Morgan fingerprint density at radius 1 is 1.33 bits per heavy atom. The Hall–Kier alpha value is -1.06. The minimum absolute atomic E-state index is 0.0836. The molecule has 4 atom stereocenters. The standard InChI is InChI=1S/C11H18N2O2/c1-6(13-11(15)10(12)14)9-5-7-2-3-8(9)4-7/h6-9H,2-5H2,1H3,(H2,12,14)(H,13,15). The Labute approximate surface area is 89.6 Å². The van der Waals surface area contributed by atoms with Gasteiger partial charge in [0, 0.05) is 6.04 Å². The topological polar surface area (TPSA) is 72.2 Å². The molecule has 84 valence electrons. The van der Waals surface area contributed by atoms with Gasteiger partial charge in [0.05, 0.1) is 0 Å². The number of nitrogens with two attached hydrogens (primary N) is 1. The second kappa shape index (κ2) is 3.83. The summed E-state index contributed by atoms with van der Waals surface area (Å²) >= 11 is 0. The summed E-state index contributed by atoms with van der Waals surface area (Å²) in [6, 6.07) is 0.0836. The van der Waals surface area contributed by atoms with Crippen molar-refractivity contribution in [2.45, 2.75) is 38.6 Å². The molecule has 2 amide bonds. The Morgan fingerprint density at radius 2 is 2.07 bits per heavy atom. The molecule has 0 saturated heterocycles. The number of nitrogens with one attached hydrogen (secondary N) is 1. The van der Waals surface area contributed by atoms with Gasteiger partial charge >= 0.3 is 11.8 Å². The summed E-state index contributed by atoms with van der Waals surface area (Å²) in [5.74, 6) is 0.619. The van der Waals surface area contributed by atoms with Crippen LogP contribution in [0.1, 0.15) is 32.6 Å². The number of carbonyl (C=O) groups is 2. The zero-order valence-corrected chi connectivity index (χ0v) is 9.03. The average Bonchev–Trinajstić information content (AvgIpc) is 2.78. The van der Waals surface area contributed by atoms with Gasteiger partial charge in [0.2, 0.25) is 0 Å². The molecule has 4 nitrogen and oxygen atoms in total. The predicted molar refractivity (Wildman–Crippen MR) is 55.7 cm³/mol. The summed E-state index contributed by atoms with van der Waals surface area (Å²) in [4.78, 5) is 21.8. The van der Waals surface area contributed by atoms with E-state index in [1.54, 1.807) is 0 Å². The van der Waals surface area contributed by atoms with Crippen LogP contribution in [0.5, 0.6) is 0 Å². The summed E-state index contributed by atoms with van der Waals surface area (Å²) in [5, 5.41) is 2.69. The second-order valence-corrected chi connectivity index (χ2v) is 4.97. The predicted octanol–water partition coefficient (Wildman–Crippen LogP) is 0.413. The summed E-state index contributed by atoms with van der Waals surface area (Å²) < 4.78 is 0. The van der Waals surface area contributed by atoms with Gasteiger partial charge in [-0.25, -0.2) is 0 Å². The van der Waals surface area contributed by atoms with E-state index in [-0.39, 0.29) is 6.04 Å². The lowest BCUT2D eigenvalue weighted by Gasteiger charge is -2.28. The van der Waals surface area contributed by atoms with Crippen molar-refractivity contribution >= 4 is 11.8 Å². The number of hydrogen-bond donors (Lipinski definition) is 2.